The van der Waals surface area contributed by atoms with Gasteiger partial charge in [0.05, 0.1) is 7.11 Å². The number of methoxy groups -OCH3 is 1. The molecule has 0 atom stereocenters. The van der Waals surface area contributed by atoms with Gasteiger partial charge >= 0.3 is 0 Å². The molecule has 2 N–H and O–H groups in total. The second-order valence-electron chi connectivity index (χ2n) is 6.68. The predicted molar refractivity (Wildman–Crippen MR) is 96.7 cm³/mol. The van der Waals surface area contributed by atoms with Crippen molar-refractivity contribution in [2.45, 2.75) is 50.9 Å². The third-order valence-corrected chi connectivity index (χ3v) is 4.91. The van der Waals surface area contributed by atoms with Crippen LogP contribution in [0.5, 0.6) is 5.75 Å². The lowest BCUT2D eigenvalue weighted by molar-refractivity contribution is 0.134. The quantitative estimate of drug-likeness (QED) is 0.885. The molecule has 0 bridgehead atoms. The predicted octanol–water partition coefficient (Wildman–Crippen LogP) is 3.36. The van der Waals surface area contributed by atoms with E-state index in [0.29, 0.717) is 12.1 Å². The van der Waals surface area contributed by atoms with Gasteiger partial charge in [0, 0.05) is 37.6 Å². The number of aromatic nitrogens is 1. The number of benzene rings is 1. The Bertz CT molecular complexity index is 624. The highest BCUT2D eigenvalue weighted by molar-refractivity contribution is 5.28. The Balaban J connectivity index is 1.75. The van der Waals surface area contributed by atoms with Crippen molar-refractivity contribution in [3.05, 3.63) is 59.9 Å². The van der Waals surface area contributed by atoms with E-state index in [1.807, 2.05) is 18.5 Å². The molecule has 0 spiro atoms. The number of nitrogens with two attached hydrogens (primary N) is 1. The van der Waals surface area contributed by atoms with E-state index in [1.54, 1.807) is 7.11 Å². The number of hydrogen-bond donors (Lipinski definition) is 1. The molecule has 1 fully saturated rings. The molecule has 128 valence electrons. The van der Waals surface area contributed by atoms with Crippen LogP contribution in [0.25, 0.3) is 0 Å². The summed E-state index contributed by atoms with van der Waals surface area (Å²) < 4.78 is 5.37. The topological polar surface area (TPSA) is 51.4 Å². The lowest BCUT2D eigenvalue weighted by Crippen LogP contribution is -2.40. The van der Waals surface area contributed by atoms with Crippen molar-refractivity contribution in [2.75, 3.05) is 7.11 Å². The molecule has 1 aliphatic rings. The largest absolute Gasteiger partial charge is 0.497 e. The van der Waals surface area contributed by atoms with Crippen molar-refractivity contribution in [1.29, 1.82) is 0 Å². The SMILES string of the molecule is COc1cccc(CN(Cc2ccncc2)C2CCC(N)CC2)c1. The molecule has 0 radical (unpaired) electrons. The summed E-state index contributed by atoms with van der Waals surface area (Å²) in [7, 11) is 1.72. The van der Waals surface area contributed by atoms with E-state index < -0.39 is 0 Å². The molecular formula is C20H27N3O. The average Bonchev–Trinajstić information content (AvgIpc) is 2.63. The maximum absolute atomic E-state index is 6.10. The van der Waals surface area contributed by atoms with Gasteiger partial charge in [-0.3, -0.25) is 9.88 Å². The Morgan fingerprint density at radius 1 is 1.04 bits per heavy atom. The Morgan fingerprint density at radius 2 is 1.75 bits per heavy atom. The van der Waals surface area contributed by atoms with Crippen LogP contribution in [-0.2, 0) is 13.1 Å². The normalized spacial score (nSPS) is 21.0. The minimum absolute atomic E-state index is 0.376. The third-order valence-electron chi connectivity index (χ3n) is 4.91. The number of rotatable bonds is 6. The second-order valence-corrected chi connectivity index (χ2v) is 6.68. The zero-order chi connectivity index (χ0) is 16.8. The van der Waals surface area contributed by atoms with Gasteiger partial charge in [-0.2, -0.15) is 0 Å². The summed E-state index contributed by atoms with van der Waals surface area (Å²) in [6.45, 7) is 1.87. The summed E-state index contributed by atoms with van der Waals surface area (Å²) in [5.74, 6) is 0.919. The van der Waals surface area contributed by atoms with Gasteiger partial charge in [-0.15, -0.1) is 0 Å². The lowest BCUT2D eigenvalue weighted by Gasteiger charge is -2.36. The van der Waals surface area contributed by atoms with E-state index in [-0.39, 0.29) is 0 Å². The van der Waals surface area contributed by atoms with Gasteiger partial charge in [0.15, 0.2) is 0 Å². The molecule has 1 aromatic heterocycles. The van der Waals surface area contributed by atoms with E-state index >= 15 is 0 Å². The Kier molecular flexibility index (Phi) is 5.83. The molecule has 1 saturated carbocycles. The summed E-state index contributed by atoms with van der Waals surface area (Å²) in [4.78, 5) is 6.71. The van der Waals surface area contributed by atoms with Crippen LogP contribution in [0.1, 0.15) is 36.8 Å². The van der Waals surface area contributed by atoms with Crippen molar-refractivity contribution < 1.29 is 4.74 Å². The van der Waals surface area contributed by atoms with Crippen LogP contribution >= 0.6 is 0 Å². The van der Waals surface area contributed by atoms with Gasteiger partial charge in [-0.25, -0.2) is 0 Å². The van der Waals surface area contributed by atoms with Gasteiger partial charge in [0.2, 0.25) is 0 Å². The summed E-state index contributed by atoms with van der Waals surface area (Å²) in [6, 6.07) is 13.5. The van der Waals surface area contributed by atoms with E-state index in [9.17, 15) is 0 Å². The lowest BCUT2D eigenvalue weighted by atomic mass is 9.90. The first-order chi connectivity index (χ1) is 11.7. The van der Waals surface area contributed by atoms with Crippen LogP contribution in [0.3, 0.4) is 0 Å². The smallest absolute Gasteiger partial charge is 0.119 e. The van der Waals surface area contributed by atoms with E-state index in [0.717, 1.165) is 31.7 Å². The molecule has 0 amide bonds. The van der Waals surface area contributed by atoms with Crippen LogP contribution in [0.15, 0.2) is 48.8 Å². The highest BCUT2D eigenvalue weighted by atomic mass is 16.5. The average molecular weight is 325 g/mol. The fourth-order valence-corrected chi connectivity index (χ4v) is 3.51. The maximum atomic E-state index is 6.10. The van der Waals surface area contributed by atoms with Crippen molar-refractivity contribution in [3.8, 4) is 5.75 Å². The van der Waals surface area contributed by atoms with E-state index in [1.165, 1.54) is 24.0 Å². The van der Waals surface area contributed by atoms with Crippen molar-refractivity contribution in [3.63, 3.8) is 0 Å². The Labute approximate surface area is 144 Å². The van der Waals surface area contributed by atoms with Crippen molar-refractivity contribution >= 4 is 0 Å². The van der Waals surface area contributed by atoms with Gasteiger partial charge < -0.3 is 10.5 Å². The Morgan fingerprint density at radius 3 is 2.46 bits per heavy atom. The molecule has 4 nitrogen and oxygen atoms in total. The fraction of sp³-hybridized carbons (Fsp3) is 0.450. The molecule has 24 heavy (non-hydrogen) atoms. The molecule has 2 aromatic rings. The summed E-state index contributed by atoms with van der Waals surface area (Å²) >= 11 is 0. The third kappa shape index (κ3) is 4.56. The number of hydrogen-bond acceptors (Lipinski definition) is 4. The molecule has 1 aromatic carbocycles. The monoisotopic (exact) mass is 325 g/mol. The Hall–Kier alpha value is -1.91. The molecule has 4 heteroatoms. The number of nitrogens with zero attached hydrogens (tertiary/aromatic N) is 2. The van der Waals surface area contributed by atoms with Gasteiger partial charge in [0.1, 0.15) is 5.75 Å². The van der Waals surface area contributed by atoms with E-state index in [2.05, 4.69) is 40.2 Å². The van der Waals surface area contributed by atoms with Crippen LogP contribution in [0.4, 0.5) is 0 Å². The molecule has 0 aliphatic heterocycles. The summed E-state index contributed by atoms with van der Waals surface area (Å²) in [5, 5.41) is 0. The van der Waals surface area contributed by atoms with Crippen LogP contribution in [0.2, 0.25) is 0 Å². The van der Waals surface area contributed by atoms with Crippen LogP contribution in [-0.4, -0.2) is 29.1 Å². The fourth-order valence-electron chi connectivity index (χ4n) is 3.51. The van der Waals surface area contributed by atoms with Crippen molar-refractivity contribution in [2.24, 2.45) is 5.73 Å². The number of ether oxygens (including phenoxy) is 1. The highest BCUT2D eigenvalue weighted by Gasteiger charge is 2.24. The van der Waals surface area contributed by atoms with Crippen LogP contribution in [0, 0.1) is 0 Å². The summed E-state index contributed by atoms with van der Waals surface area (Å²) in [5.41, 5.74) is 8.70. The van der Waals surface area contributed by atoms with Gasteiger partial charge in [0.25, 0.3) is 0 Å². The minimum atomic E-state index is 0.376. The first-order valence-electron chi connectivity index (χ1n) is 8.76. The standard InChI is InChI=1S/C20H27N3O/c1-24-20-4-2-3-17(13-20)15-23(14-16-9-11-22-12-10-16)19-7-5-18(21)6-8-19/h2-4,9-13,18-19H,5-8,14-15,21H2,1H3. The van der Waals surface area contributed by atoms with Gasteiger partial charge in [-0.1, -0.05) is 12.1 Å². The molecule has 0 unspecified atom stereocenters. The highest BCUT2D eigenvalue weighted by Crippen LogP contribution is 2.26. The first-order valence-corrected chi connectivity index (χ1v) is 8.76. The zero-order valence-electron chi connectivity index (χ0n) is 14.4. The van der Waals surface area contributed by atoms with Crippen molar-refractivity contribution in [1.82, 2.24) is 9.88 Å². The minimum Gasteiger partial charge on any atom is -0.497 e. The molecule has 3 rings (SSSR count). The first kappa shape index (κ1) is 16.9. The summed E-state index contributed by atoms with van der Waals surface area (Å²) in [6.07, 6.45) is 8.34. The van der Waals surface area contributed by atoms with Crippen LogP contribution < -0.4 is 10.5 Å². The number of pyridine rings is 1. The molecule has 1 aliphatic carbocycles. The second kappa shape index (κ2) is 8.27. The molecule has 0 saturated heterocycles. The molecule has 1 heterocycles. The van der Waals surface area contributed by atoms with E-state index in [4.69, 9.17) is 10.5 Å². The van der Waals surface area contributed by atoms with Gasteiger partial charge in [-0.05, 0) is 61.1 Å². The zero-order valence-corrected chi connectivity index (χ0v) is 14.4. The molecular weight excluding hydrogens is 298 g/mol. The maximum Gasteiger partial charge on any atom is 0.119 e.